The number of amides is 1. The summed E-state index contributed by atoms with van der Waals surface area (Å²) in [5.41, 5.74) is 6.63. The fraction of sp³-hybridized carbons (Fsp3) is 0.500. The van der Waals surface area contributed by atoms with Crippen LogP contribution >= 0.6 is 12.4 Å². The van der Waals surface area contributed by atoms with Crippen LogP contribution in [0.5, 0.6) is 0 Å². The number of nitrogens with two attached hydrogens (primary N) is 1. The van der Waals surface area contributed by atoms with Crippen LogP contribution in [0, 0.1) is 5.92 Å². The molecule has 1 saturated carbocycles. The van der Waals surface area contributed by atoms with Gasteiger partial charge in [-0.15, -0.1) is 12.4 Å². The molecule has 1 amide bonds. The van der Waals surface area contributed by atoms with Gasteiger partial charge >= 0.3 is 0 Å². The molecule has 0 spiro atoms. The third-order valence-electron chi connectivity index (χ3n) is 3.18. The molecule has 0 bridgehead atoms. The maximum absolute atomic E-state index is 11.8. The molecule has 0 heterocycles. The maximum atomic E-state index is 11.8. The number of halogens is 1. The predicted molar refractivity (Wildman–Crippen MR) is 75.6 cm³/mol. The van der Waals surface area contributed by atoms with E-state index in [9.17, 15) is 4.79 Å². The van der Waals surface area contributed by atoms with Gasteiger partial charge in [-0.2, -0.15) is 0 Å². The molecule has 18 heavy (non-hydrogen) atoms. The van der Waals surface area contributed by atoms with Crippen molar-refractivity contribution in [2.45, 2.75) is 31.7 Å². The second kappa shape index (κ2) is 7.39. The molecule has 0 aromatic heterocycles. The van der Waals surface area contributed by atoms with E-state index in [0.717, 1.165) is 6.42 Å². The number of carbonyl (C=O) groups excluding carboxylic acids is 1. The standard InChI is InChI=1S/C14H20N2O.ClH/c15-10-4-7-13(17)16-14(12-8-9-12)11-5-2-1-3-6-11;/h1-3,5-6,12,14H,4,7-10,15H2,(H,16,17);1H. The first-order chi connectivity index (χ1) is 8.31. The van der Waals surface area contributed by atoms with Gasteiger partial charge in [-0.25, -0.2) is 0 Å². The normalized spacial score (nSPS) is 15.6. The zero-order valence-electron chi connectivity index (χ0n) is 10.5. The van der Waals surface area contributed by atoms with Crippen LogP contribution in [0.15, 0.2) is 30.3 Å². The smallest absolute Gasteiger partial charge is 0.220 e. The molecular weight excluding hydrogens is 248 g/mol. The lowest BCUT2D eigenvalue weighted by Crippen LogP contribution is -2.30. The van der Waals surface area contributed by atoms with Crippen LogP contribution in [-0.2, 0) is 4.79 Å². The van der Waals surface area contributed by atoms with E-state index in [2.05, 4.69) is 17.4 Å². The average Bonchev–Trinajstić information content (AvgIpc) is 3.19. The van der Waals surface area contributed by atoms with E-state index >= 15 is 0 Å². The molecule has 4 heteroatoms. The summed E-state index contributed by atoms with van der Waals surface area (Å²) >= 11 is 0. The molecular formula is C14H21ClN2O. The third-order valence-corrected chi connectivity index (χ3v) is 3.18. The van der Waals surface area contributed by atoms with Gasteiger partial charge in [-0.05, 0) is 37.3 Å². The Hall–Kier alpha value is -1.06. The Morgan fingerprint density at radius 1 is 1.33 bits per heavy atom. The van der Waals surface area contributed by atoms with Crippen LogP contribution in [0.4, 0.5) is 0 Å². The summed E-state index contributed by atoms with van der Waals surface area (Å²) in [4.78, 5) is 11.8. The van der Waals surface area contributed by atoms with Crippen LogP contribution < -0.4 is 11.1 Å². The Labute approximate surface area is 115 Å². The molecule has 100 valence electrons. The highest BCUT2D eigenvalue weighted by Gasteiger charge is 2.33. The van der Waals surface area contributed by atoms with Gasteiger partial charge in [-0.3, -0.25) is 4.79 Å². The van der Waals surface area contributed by atoms with Gasteiger partial charge in [0.15, 0.2) is 0 Å². The zero-order chi connectivity index (χ0) is 12.1. The summed E-state index contributed by atoms with van der Waals surface area (Å²) in [6, 6.07) is 10.4. The van der Waals surface area contributed by atoms with Gasteiger partial charge in [0.05, 0.1) is 6.04 Å². The number of hydrogen-bond donors (Lipinski definition) is 2. The number of rotatable bonds is 6. The molecule has 1 aliphatic carbocycles. The third kappa shape index (κ3) is 4.31. The highest BCUT2D eigenvalue weighted by Crippen LogP contribution is 2.40. The zero-order valence-corrected chi connectivity index (χ0v) is 11.3. The van der Waals surface area contributed by atoms with E-state index in [0.29, 0.717) is 18.9 Å². The predicted octanol–water partition coefficient (Wildman–Crippen LogP) is 2.41. The molecule has 2 rings (SSSR count). The van der Waals surface area contributed by atoms with E-state index in [-0.39, 0.29) is 24.4 Å². The van der Waals surface area contributed by atoms with Crippen molar-refractivity contribution in [1.29, 1.82) is 0 Å². The summed E-state index contributed by atoms with van der Waals surface area (Å²) in [6.07, 6.45) is 3.73. The second-order valence-corrected chi connectivity index (χ2v) is 4.69. The minimum atomic E-state index is 0. The number of nitrogens with one attached hydrogen (secondary N) is 1. The first kappa shape index (κ1) is 15.0. The Balaban J connectivity index is 0.00000162. The Morgan fingerprint density at radius 3 is 2.56 bits per heavy atom. The van der Waals surface area contributed by atoms with Gasteiger partial charge < -0.3 is 11.1 Å². The maximum Gasteiger partial charge on any atom is 0.220 e. The number of carbonyl (C=O) groups is 1. The first-order valence-corrected chi connectivity index (χ1v) is 6.35. The van der Waals surface area contributed by atoms with Gasteiger partial charge in [0, 0.05) is 6.42 Å². The van der Waals surface area contributed by atoms with Crippen molar-refractivity contribution in [3.05, 3.63) is 35.9 Å². The SMILES string of the molecule is Cl.NCCCC(=O)NC(c1ccccc1)C1CC1. The Bertz CT molecular complexity index is 365. The Morgan fingerprint density at radius 2 is 2.00 bits per heavy atom. The largest absolute Gasteiger partial charge is 0.349 e. The number of benzene rings is 1. The summed E-state index contributed by atoms with van der Waals surface area (Å²) in [7, 11) is 0. The molecule has 1 aliphatic rings. The summed E-state index contributed by atoms with van der Waals surface area (Å²) < 4.78 is 0. The molecule has 3 N–H and O–H groups in total. The average molecular weight is 269 g/mol. The molecule has 1 unspecified atom stereocenters. The van der Waals surface area contributed by atoms with Gasteiger partial charge in [0.2, 0.25) is 5.91 Å². The van der Waals surface area contributed by atoms with Crippen LogP contribution in [0.2, 0.25) is 0 Å². The van der Waals surface area contributed by atoms with Crippen molar-refractivity contribution in [3.8, 4) is 0 Å². The van der Waals surface area contributed by atoms with Crippen molar-refractivity contribution in [3.63, 3.8) is 0 Å². The quantitative estimate of drug-likeness (QED) is 0.833. The molecule has 1 fully saturated rings. The summed E-state index contributed by atoms with van der Waals surface area (Å²) in [5.74, 6) is 0.746. The lowest BCUT2D eigenvalue weighted by Gasteiger charge is -2.18. The van der Waals surface area contributed by atoms with E-state index < -0.39 is 0 Å². The van der Waals surface area contributed by atoms with Crippen LogP contribution in [-0.4, -0.2) is 12.5 Å². The number of hydrogen-bond acceptors (Lipinski definition) is 2. The molecule has 0 aliphatic heterocycles. The summed E-state index contributed by atoms with van der Waals surface area (Å²) in [6.45, 7) is 0.576. The van der Waals surface area contributed by atoms with Gasteiger partial charge in [0.1, 0.15) is 0 Å². The van der Waals surface area contributed by atoms with E-state index in [1.165, 1.54) is 18.4 Å². The van der Waals surface area contributed by atoms with Crippen molar-refractivity contribution < 1.29 is 4.79 Å². The van der Waals surface area contributed by atoms with E-state index in [4.69, 9.17) is 5.73 Å². The molecule has 1 aromatic carbocycles. The first-order valence-electron chi connectivity index (χ1n) is 6.35. The molecule has 3 nitrogen and oxygen atoms in total. The topological polar surface area (TPSA) is 55.1 Å². The summed E-state index contributed by atoms with van der Waals surface area (Å²) in [5, 5.41) is 3.14. The molecule has 0 saturated heterocycles. The Kier molecular flexibility index (Phi) is 6.16. The fourth-order valence-corrected chi connectivity index (χ4v) is 2.07. The minimum absolute atomic E-state index is 0. The van der Waals surface area contributed by atoms with Crippen LogP contribution in [0.3, 0.4) is 0 Å². The van der Waals surface area contributed by atoms with E-state index in [1.54, 1.807) is 0 Å². The van der Waals surface area contributed by atoms with Crippen molar-refractivity contribution in [2.24, 2.45) is 11.7 Å². The van der Waals surface area contributed by atoms with Crippen molar-refractivity contribution >= 4 is 18.3 Å². The van der Waals surface area contributed by atoms with Crippen LogP contribution in [0.1, 0.15) is 37.3 Å². The monoisotopic (exact) mass is 268 g/mol. The second-order valence-electron chi connectivity index (χ2n) is 4.69. The van der Waals surface area contributed by atoms with Crippen LogP contribution in [0.25, 0.3) is 0 Å². The molecule has 1 aromatic rings. The molecule has 1 atom stereocenters. The highest BCUT2D eigenvalue weighted by molar-refractivity contribution is 5.85. The lowest BCUT2D eigenvalue weighted by molar-refractivity contribution is -0.122. The van der Waals surface area contributed by atoms with Crippen molar-refractivity contribution in [2.75, 3.05) is 6.54 Å². The van der Waals surface area contributed by atoms with Gasteiger partial charge in [-0.1, -0.05) is 30.3 Å². The van der Waals surface area contributed by atoms with E-state index in [1.807, 2.05) is 18.2 Å². The fourth-order valence-electron chi connectivity index (χ4n) is 2.07. The lowest BCUT2D eigenvalue weighted by atomic mass is 10.0. The highest BCUT2D eigenvalue weighted by atomic mass is 35.5. The minimum Gasteiger partial charge on any atom is -0.349 e. The van der Waals surface area contributed by atoms with Crippen molar-refractivity contribution in [1.82, 2.24) is 5.32 Å². The van der Waals surface area contributed by atoms with Gasteiger partial charge in [0.25, 0.3) is 0 Å². The molecule has 0 radical (unpaired) electrons.